The Morgan fingerprint density at radius 2 is 2.05 bits per heavy atom. The molecule has 0 aliphatic carbocycles. The van der Waals surface area contributed by atoms with E-state index in [-0.39, 0.29) is 6.03 Å². The van der Waals surface area contributed by atoms with Crippen LogP contribution in [0.1, 0.15) is 18.4 Å². The minimum atomic E-state index is -0.934. The first kappa shape index (κ1) is 14.7. The molecule has 1 saturated heterocycles. The summed E-state index contributed by atoms with van der Waals surface area (Å²) in [4.78, 5) is 26.4. The van der Waals surface area contributed by atoms with Crippen LogP contribution < -0.4 is 0 Å². The summed E-state index contributed by atoms with van der Waals surface area (Å²) in [5.74, 6) is -0.934. The van der Waals surface area contributed by atoms with Gasteiger partial charge in [0, 0.05) is 25.2 Å². The van der Waals surface area contributed by atoms with Crippen LogP contribution in [0.25, 0.3) is 0 Å². The van der Waals surface area contributed by atoms with E-state index in [1.165, 1.54) is 9.80 Å². The molecular weight excluding hydrogens is 280 g/mol. The smallest absolute Gasteiger partial charge is 0.326 e. The van der Waals surface area contributed by atoms with Gasteiger partial charge in [-0.15, -0.1) is 0 Å². The van der Waals surface area contributed by atoms with Gasteiger partial charge < -0.3 is 14.9 Å². The minimum Gasteiger partial charge on any atom is -0.480 e. The number of carbonyl (C=O) groups is 2. The summed E-state index contributed by atoms with van der Waals surface area (Å²) in [5.41, 5.74) is 0.955. The predicted molar refractivity (Wildman–Crippen MR) is 75.7 cm³/mol. The van der Waals surface area contributed by atoms with Crippen molar-refractivity contribution < 1.29 is 14.7 Å². The third-order valence-corrected chi connectivity index (χ3v) is 3.70. The Morgan fingerprint density at radius 3 is 2.65 bits per heavy atom. The predicted octanol–water partition coefficient (Wildman–Crippen LogP) is 2.44. The second kappa shape index (κ2) is 6.13. The van der Waals surface area contributed by atoms with Crippen molar-refractivity contribution >= 4 is 23.6 Å². The van der Waals surface area contributed by atoms with Crippen LogP contribution in [0, 0.1) is 0 Å². The average Bonchev–Trinajstić information content (AvgIpc) is 2.90. The van der Waals surface area contributed by atoms with E-state index in [0.29, 0.717) is 24.5 Å². The summed E-state index contributed by atoms with van der Waals surface area (Å²) in [5, 5.41) is 9.75. The summed E-state index contributed by atoms with van der Waals surface area (Å²) in [7, 11) is 1.67. The second-order valence-electron chi connectivity index (χ2n) is 4.95. The fraction of sp³-hybridized carbons (Fsp3) is 0.429. The van der Waals surface area contributed by atoms with Crippen molar-refractivity contribution in [2.24, 2.45) is 0 Å². The SMILES string of the molecule is CN(Cc1ccc(Cl)cc1)C(=O)N1CCCC1C(=O)O. The van der Waals surface area contributed by atoms with Gasteiger partial charge in [-0.3, -0.25) is 0 Å². The number of carboxylic acid groups (broad SMARTS) is 1. The fourth-order valence-corrected chi connectivity index (χ4v) is 2.53. The lowest BCUT2D eigenvalue weighted by Gasteiger charge is -2.27. The van der Waals surface area contributed by atoms with Gasteiger partial charge in [0.05, 0.1) is 0 Å². The number of nitrogens with zero attached hydrogens (tertiary/aromatic N) is 2. The summed E-state index contributed by atoms with van der Waals surface area (Å²) in [6, 6.07) is 6.30. The van der Waals surface area contributed by atoms with Crippen molar-refractivity contribution in [3.05, 3.63) is 34.9 Å². The van der Waals surface area contributed by atoms with Crippen molar-refractivity contribution in [3.8, 4) is 0 Å². The lowest BCUT2D eigenvalue weighted by Crippen LogP contribution is -2.46. The quantitative estimate of drug-likeness (QED) is 0.932. The molecule has 5 nitrogen and oxygen atoms in total. The number of urea groups is 1. The molecule has 6 heteroatoms. The van der Waals surface area contributed by atoms with Crippen LogP contribution in [0.2, 0.25) is 5.02 Å². The van der Waals surface area contributed by atoms with Crippen LogP contribution in [0.4, 0.5) is 4.79 Å². The molecular formula is C14H17ClN2O3. The highest BCUT2D eigenvalue weighted by Crippen LogP contribution is 2.20. The maximum atomic E-state index is 12.3. The normalized spacial score (nSPS) is 18.1. The van der Waals surface area contributed by atoms with Crippen molar-refractivity contribution in [1.29, 1.82) is 0 Å². The Morgan fingerprint density at radius 1 is 1.40 bits per heavy atom. The number of carbonyl (C=O) groups excluding carboxylic acids is 1. The number of benzene rings is 1. The van der Waals surface area contributed by atoms with E-state index in [1.807, 2.05) is 12.1 Å². The number of carboxylic acids is 1. The molecule has 108 valence electrons. The molecule has 20 heavy (non-hydrogen) atoms. The molecule has 1 unspecified atom stereocenters. The van der Waals surface area contributed by atoms with Gasteiger partial charge in [-0.2, -0.15) is 0 Å². The standard InChI is InChI=1S/C14H17ClN2O3/c1-16(9-10-4-6-11(15)7-5-10)14(20)17-8-2-3-12(17)13(18)19/h4-7,12H,2-3,8-9H2,1H3,(H,18,19). The molecule has 0 bridgehead atoms. The molecule has 1 fully saturated rings. The van der Waals surface area contributed by atoms with Gasteiger partial charge in [0.15, 0.2) is 0 Å². The van der Waals surface area contributed by atoms with Crippen molar-refractivity contribution in [2.45, 2.75) is 25.4 Å². The van der Waals surface area contributed by atoms with Gasteiger partial charge in [0.1, 0.15) is 6.04 Å². The Kier molecular flexibility index (Phi) is 4.49. The number of amides is 2. The molecule has 1 atom stereocenters. The zero-order valence-corrected chi connectivity index (χ0v) is 12.0. The largest absolute Gasteiger partial charge is 0.480 e. The molecule has 1 aromatic carbocycles. The Hall–Kier alpha value is -1.75. The molecule has 0 aromatic heterocycles. The summed E-state index contributed by atoms with van der Waals surface area (Å²) >= 11 is 5.81. The van der Waals surface area contributed by atoms with Crippen LogP contribution in [0.3, 0.4) is 0 Å². The minimum absolute atomic E-state index is 0.246. The van der Waals surface area contributed by atoms with Crippen molar-refractivity contribution in [1.82, 2.24) is 9.80 Å². The first-order valence-corrected chi connectivity index (χ1v) is 6.86. The van der Waals surface area contributed by atoms with Crippen LogP contribution in [-0.2, 0) is 11.3 Å². The molecule has 2 rings (SSSR count). The monoisotopic (exact) mass is 296 g/mol. The number of hydrogen-bond acceptors (Lipinski definition) is 2. The lowest BCUT2D eigenvalue weighted by atomic mass is 10.2. The van der Waals surface area contributed by atoms with Gasteiger partial charge >= 0.3 is 12.0 Å². The molecule has 1 aliphatic rings. The Labute approximate surface area is 122 Å². The van der Waals surface area contributed by atoms with Crippen LogP contribution in [0.15, 0.2) is 24.3 Å². The summed E-state index contributed by atoms with van der Waals surface area (Å²) in [6.07, 6.45) is 1.26. The van der Waals surface area contributed by atoms with Crippen LogP contribution in [0.5, 0.6) is 0 Å². The molecule has 2 amide bonds. The summed E-state index contributed by atoms with van der Waals surface area (Å²) < 4.78 is 0. The van der Waals surface area contributed by atoms with E-state index in [4.69, 9.17) is 16.7 Å². The van der Waals surface area contributed by atoms with E-state index < -0.39 is 12.0 Å². The Bertz CT molecular complexity index is 504. The molecule has 1 aliphatic heterocycles. The molecule has 0 spiro atoms. The molecule has 1 aromatic rings. The first-order valence-electron chi connectivity index (χ1n) is 6.48. The molecule has 1 N–H and O–H groups in total. The van der Waals surface area contributed by atoms with E-state index in [2.05, 4.69) is 0 Å². The van der Waals surface area contributed by atoms with Crippen LogP contribution >= 0.6 is 11.6 Å². The Balaban J connectivity index is 2.01. The van der Waals surface area contributed by atoms with E-state index in [9.17, 15) is 9.59 Å². The van der Waals surface area contributed by atoms with Gasteiger partial charge in [0.25, 0.3) is 0 Å². The molecule has 0 radical (unpaired) electrons. The zero-order valence-electron chi connectivity index (χ0n) is 11.3. The summed E-state index contributed by atoms with van der Waals surface area (Å²) in [6.45, 7) is 0.930. The van der Waals surface area contributed by atoms with Gasteiger partial charge in [-0.05, 0) is 30.5 Å². The lowest BCUT2D eigenvalue weighted by molar-refractivity contribution is -0.141. The van der Waals surface area contributed by atoms with Gasteiger partial charge in [0.2, 0.25) is 0 Å². The van der Waals surface area contributed by atoms with Crippen LogP contribution in [-0.4, -0.2) is 46.5 Å². The maximum absolute atomic E-state index is 12.3. The first-order chi connectivity index (χ1) is 9.49. The van der Waals surface area contributed by atoms with E-state index >= 15 is 0 Å². The van der Waals surface area contributed by atoms with Gasteiger partial charge in [-0.25, -0.2) is 9.59 Å². The van der Waals surface area contributed by atoms with Crippen molar-refractivity contribution in [3.63, 3.8) is 0 Å². The molecule has 0 saturated carbocycles. The van der Waals surface area contributed by atoms with E-state index in [0.717, 1.165) is 12.0 Å². The van der Waals surface area contributed by atoms with Gasteiger partial charge in [-0.1, -0.05) is 23.7 Å². The number of halogens is 1. The third-order valence-electron chi connectivity index (χ3n) is 3.44. The number of likely N-dealkylation sites (tertiary alicyclic amines) is 1. The topological polar surface area (TPSA) is 60.9 Å². The number of rotatable bonds is 3. The highest BCUT2D eigenvalue weighted by molar-refractivity contribution is 6.30. The van der Waals surface area contributed by atoms with Crippen molar-refractivity contribution in [2.75, 3.05) is 13.6 Å². The second-order valence-corrected chi connectivity index (χ2v) is 5.39. The fourth-order valence-electron chi connectivity index (χ4n) is 2.40. The average molecular weight is 297 g/mol. The zero-order chi connectivity index (χ0) is 14.7. The highest BCUT2D eigenvalue weighted by Gasteiger charge is 2.35. The highest BCUT2D eigenvalue weighted by atomic mass is 35.5. The third kappa shape index (κ3) is 3.22. The maximum Gasteiger partial charge on any atom is 0.326 e. The number of hydrogen-bond donors (Lipinski definition) is 1. The molecule has 1 heterocycles. The van der Waals surface area contributed by atoms with E-state index in [1.54, 1.807) is 19.2 Å². The number of aliphatic carboxylic acids is 1.